The molecule has 2 fully saturated rings. The number of amides is 2. The number of carbonyl (C=O) groups excluding carboxylic acids is 2. The highest BCUT2D eigenvalue weighted by molar-refractivity contribution is 6.30. The second-order valence-electron chi connectivity index (χ2n) is 9.14. The van der Waals surface area contributed by atoms with Gasteiger partial charge in [-0.05, 0) is 62.3 Å². The first-order chi connectivity index (χ1) is 15.7. The number of benzene rings is 1. The van der Waals surface area contributed by atoms with Crippen LogP contribution in [0.1, 0.15) is 52.1 Å². The summed E-state index contributed by atoms with van der Waals surface area (Å²) >= 11 is 5.96. The first-order valence-corrected chi connectivity index (χ1v) is 11.2. The van der Waals surface area contributed by atoms with E-state index in [1.165, 1.54) is 4.68 Å². The minimum absolute atomic E-state index is 0.00880. The number of nitrogens with one attached hydrogen (secondary N) is 1. The van der Waals surface area contributed by atoms with E-state index in [1.54, 1.807) is 36.3 Å². The molecular formula is C23H25ClN6O3. The molecule has 2 amide bonds. The fourth-order valence-electron chi connectivity index (χ4n) is 5.03. The van der Waals surface area contributed by atoms with Crippen molar-refractivity contribution in [3.63, 3.8) is 0 Å². The summed E-state index contributed by atoms with van der Waals surface area (Å²) in [6.45, 7) is 1.88. The van der Waals surface area contributed by atoms with E-state index in [-0.39, 0.29) is 23.5 Å². The summed E-state index contributed by atoms with van der Waals surface area (Å²) < 4.78 is 9.17. The van der Waals surface area contributed by atoms with Crippen molar-refractivity contribution < 1.29 is 14.3 Å². The quantitative estimate of drug-likeness (QED) is 0.576. The normalized spacial score (nSPS) is 23.6. The molecule has 0 aliphatic heterocycles. The molecule has 172 valence electrons. The highest BCUT2D eigenvalue weighted by atomic mass is 35.5. The second-order valence-corrected chi connectivity index (χ2v) is 9.58. The van der Waals surface area contributed by atoms with E-state index >= 15 is 0 Å². The third-order valence-corrected chi connectivity index (χ3v) is 6.93. The molecule has 2 saturated carbocycles. The topological polar surface area (TPSA) is 117 Å². The van der Waals surface area contributed by atoms with Gasteiger partial charge in [0.25, 0.3) is 11.8 Å². The van der Waals surface area contributed by atoms with Crippen LogP contribution in [-0.4, -0.2) is 43.5 Å². The van der Waals surface area contributed by atoms with E-state index in [0.29, 0.717) is 22.0 Å². The van der Waals surface area contributed by atoms with Crippen LogP contribution in [0.25, 0.3) is 5.69 Å². The highest BCUT2D eigenvalue weighted by Crippen LogP contribution is 2.56. The van der Waals surface area contributed by atoms with Crippen molar-refractivity contribution in [2.75, 3.05) is 0 Å². The lowest BCUT2D eigenvalue weighted by atomic mass is 9.53. The van der Waals surface area contributed by atoms with Crippen molar-refractivity contribution in [2.45, 2.75) is 44.8 Å². The summed E-state index contributed by atoms with van der Waals surface area (Å²) in [5.41, 5.74) is 8.08. The van der Waals surface area contributed by atoms with Crippen LogP contribution >= 0.6 is 11.6 Å². The number of aromatic nitrogens is 4. The fraction of sp³-hybridized carbons (Fsp3) is 0.391. The molecule has 0 bridgehead atoms. The van der Waals surface area contributed by atoms with Crippen molar-refractivity contribution >= 4 is 23.4 Å². The number of nitrogens with two attached hydrogens (primary N) is 1. The van der Waals surface area contributed by atoms with E-state index < -0.39 is 5.91 Å². The van der Waals surface area contributed by atoms with E-state index in [0.717, 1.165) is 37.1 Å². The van der Waals surface area contributed by atoms with Gasteiger partial charge < -0.3 is 15.8 Å². The first-order valence-electron chi connectivity index (χ1n) is 10.8. The number of rotatable bonds is 6. The Morgan fingerprint density at radius 1 is 1.18 bits per heavy atom. The summed E-state index contributed by atoms with van der Waals surface area (Å²) in [7, 11) is 1.72. The zero-order chi connectivity index (χ0) is 23.3. The lowest BCUT2D eigenvalue weighted by Crippen LogP contribution is -2.58. The number of halogens is 1. The van der Waals surface area contributed by atoms with Crippen molar-refractivity contribution in [3.8, 4) is 11.6 Å². The Morgan fingerprint density at radius 3 is 2.55 bits per heavy atom. The molecule has 33 heavy (non-hydrogen) atoms. The van der Waals surface area contributed by atoms with Gasteiger partial charge in [-0.15, -0.1) is 5.10 Å². The Hall–Kier alpha value is -3.33. The maximum atomic E-state index is 12.8. The van der Waals surface area contributed by atoms with Gasteiger partial charge in [-0.2, -0.15) is 5.10 Å². The van der Waals surface area contributed by atoms with Crippen molar-refractivity contribution in [3.05, 3.63) is 58.5 Å². The van der Waals surface area contributed by atoms with Gasteiger partial charge in [-0.25, -0.2) is 4.68 Å². The van der Waals surface area contributed by atoms with Gasteiger partial charge in [0.1, 0.15) is 11.7 Å². The van der Waals surface area contributed by atoms with Crippen LogP contribution in [-0.2, 0) is 7.05 Å². The lowest BCUT2D eigenvalue weighted by molar-refractivity contribution is -0.0849. The number of hydrogen-bond donors (Lipinski definition) is 2. The second kappa shape index (κ2) is 7.91. The van der Waals surface area contributed by atoms with Gasteiger partial charge in [-0.3, -0.25) is 14.3 Å². The minimum atomic E-state index is -0.548. The molecular weight excluding hydrogens is 444 g/mol. The molecule has 0 radical (unpaired) electrons. The molecule has 2 aliphatic rings. The van der Waals surface area contributed by atoms with E-state index in [9.17, 15) is 9.59 Å². The number of primary amides is 1. The Morgan fingerprint density at radius 2 is 1.88 bits per heavy atom. The Bertz CT molecular complexity index is 1220. The van der Waals surface area contributed by atoms with E-state index in [1.807, 2.05) is 19.1 Å². The SMILES string of the molecule is Cc1c(C(=O)NC2CC3(C2)CC(Oc2nn(C)cc2C(N)=O)C3)cnn1-c1ccc(Cl)cc1. The smallest absolute Gasteiger partial charge is 0.255 e. The third kappa shape index (κ3) is 3.97. The molecule has 5 rings (SSSR count). The van der Waals surface area contributed by atoms with Crippen LogP contribution in [0.4, 0.5) is 0 Å². The number of hydrogen-bond acceptors (Lipinski definition) is 5. The maximum absolute atomic E-state index is 12.8. The van der Waals surface area contributed by atoms with Gasteiger partial charge >= 0.3 is 0 Å². The van der Waals surface area contributed by atoms with Crippen LogP contribution in [0.15, 0.2) is 36.7 Å². The Labute approximate surface area is 195 Å². The van der Waals surface area contributed by atoms with Crippen LogP contribution in [0, 0.1) is 12.3 Å². The van der Waals surface area contributed by atoms with Crippen molar-refractivity contribution in [1.29, 1.82) is 0 Å². The fourth-order valence-corrected chi connectivity index (χ4v) is 5.16. The Kier molecular flexibility index (Phi) is 5.16. The summed E-state index contributed by atoms with van der Waals surface area (Å²) in [5, 5.41) is 12.3. The van der Waals surface area contributed by atoms with Crippen LogP contribution in [0.2, 0.25) is 5.02 Å². The molecule has 3 aromatic rings. The molecule has 2 aliphatic carbocycles. The Balaban J connectivity index is 1.14. The molecule has 0 unspecified atom stereocenters. The molecule has 0 saturated heterocycles. The number of carbonyl (C=O) groups is 2. The molecule has 10 heteroatoms. The molecule has 0 atom stereocenters. The van der Waals surface area contributed by atoms with Crippen molar-refractivity contribution in [2.24, 2.45) is 18.2 Å². The van der Waals surface area contributed by atoms with E-state index in [4.69, 9.17) is 22.1 Å². The zero-order valence-corrected chi connectivity index (χ0v) is 19.2. The average molecular weight is 469 g/mol. The third-order valence-electron chi connectivity index (χ3n) is 6.68. The minimum Gasteiger partial charge on any atom is -0.473 e. The monoisotopic (exact) mass is 468 g/mol. The van der Waals surface area contributed by atoms with Gasteiger partial charge in [-0.1, -0.05) is 11.6 Å². The number of ether oxygens (including phenoxy) is 1. The molecule has 2 aromatic heterocycles. The molecule has 2 heterocycles. The summed E-state index contributed by atoms with van der Waals surface area (Å²) in [6.07, 6.45) is 6.75. The van der Waals surface area contributed by atoms with Crippen molar-refractivity contribution in [1.82, 2.24) is 24.9 Å². The summed E-state index contributed by atoms with van der Waals surface area (Å²) in [5.74, 6) is -0.366. The maximum Gasteiger partial charge on any atom is 0.255 e. The zero-order valence-electron chi connectivity index (χ0n) is 18.4. The van der Waals surface area contributed by atoms with Crippen LogP contribution in [0.5, 0.6) is 5.88 Å². The van der Waals surface area contributed by atoms with Gasteiger partial charge in [0.05, 0.1) is 23.1 Å². The largest absolute Gasteiger partial charge is 0.473 e. The molecule has 1 aromatic carbocycles. The summed E-state index contributed by atoms with van der Waals surface area (Å²) in [4.78, 5) is 24.4. The first kappa shape index (κ1) is 21.5. The molecule has 1 spiro atoms. The highest BCUT2D eigenvalue weighted by Gasteiger charge is 2.54. The number of aryl methyl sites for hydroxylation is 1. The van der Waals surface area contributed by atoms with Gasteiger partial charge in [0, 0.05) is 24.3 Å². The molecule has 3 N–H and O–H groups in total. The van der Waals surface area contributed by atoms with Crippen LogP contribution < -0.4 is 15.8 Å². The van der Waals surface area contributed by atoms with Crippen LogP contribution in [0.3, 0.4) is 0 Å². The molecule has 9 nitrogen and oxygen atoms in total. The predicted molar refractivity (Wildman–Crippen MR) is 122 cm³/mol. The average Bonchev–Trinajstić information content (AvgIpc) is 3.27. The summed E-state index contributed by atoms with van der Waals surface area (Å²) in [6, 6.07) is 7.46. The predicted octanol–water partition coefficient (Wildman–Crippen LogP) is 2.79. The van der Waals surface area contributed by atoms with E-state index in [2.05, 4.69) is 15.5 Å². The lowest BCUT2D eigenvalue weighted by Gasteiger charge is -2.57. The number of nitrogens with zero attached hydrogens (tertiary/aromatic N) is 4. The van der Waals surface area contributed by atoms with Gasteiger partial charge in [0.15, 0.2) is 0 Å². The standard InChI is InChI=1S/C23H25ClN6O3/c1-13-18(11-26-30(13)16-5-3-14(24)4-6-16)21(32)27-15-7-23(8-15)9-17(10-23)33-22-19(20(25)31)12-29(2)28-22/h3-6,11-12,15,17H,7-10H2,1-2H3,(H2,25,31)(H,27,32). The van der Waals surface area contributed by atoms with Gasteiger partial charge in [0.2, 0.25) is 5.88 Å².